The first-order chi connectivity index (χ1) is 28.3. The van der Waals surface area contributed by atoms with Crippen LogP contribution in [-0.2, 0) is 47.2 Å². The van der Waals surface area contributed by atoms with Crippen LogP contribution in [0.5, 0.6) is 0 Å². The fourth-order valence-corrected chi connectivity index (χ4v) is 13.4. The molecule has 0 radical (unpaired) electrons. The maximum absolute atomic E-state index is 15.2. The number of unbranched alkanes of at least 4 members (excludes halogenated alkanes) is 1. The average Bonchev–Trinajstić information content (AvgIpc) is 3.78. The SMILES string of the molecule is COC(=O)CCCCN1C(=O)[C@@]2(O[C@@H](CC(=O)N3Cc4ccccc4C[C@H]3CO)[C@H]([Si](C)(C)O)[C@H]2C)c2cc(N3CN(c4ccccc4)C4(CCNCC4)C3=O)ccc21. The van der Waals surface area contributed by atoms with Crippen molar-refractivity contribution in [3.63, 3.8) is 0 Å². The quantitative estimate of drug-likeness (QED) is 0.144. The summed E-state index contributed by atoms with van der Waals surface area (Å²) in [5.74, 6) is -1.32. The van der Waals surface area contributed by atoms with E-state index in [1.54, 1.807) is 9.80 Å². The highest BCUT2D eigenvalue weighted by molar-refractivity contribution is 6.71. The van der Waals surface area contributed by atoms with Crippen LogP contribution in [-0.4, -0.2) is 105 Å². The molecule has 0 aliphatic carbocycles. The summed E-state index contributed by atoms with van der Waals surface area (Å²) in [5, 5.41) is 13.8. The zero-order valence-corrected chi connectivity index (χ0v) is 35.6. The number of anilines is 3. The number of esters is 1. The molecule has 3 saturated heterocycles. The van der Waals surface area contributed by atoms with Crippen LogP contribution in [0.15, 0.2) is 72.8 Å². The van der Waals surface area contributed by atoms with Gasteiger partial charge in [-0.15, -0.1) is 0 Å². The lowest BCUT2D eigenvalue weighted by atomic mass is 9.82. The van der Waals surface area contributed by atoms with Crippen LogP contribution in [0, 0.1) is 5.92 Å². The summed E-state index contributed by atoms with van der Waals surface area (Å²) in [6, 6.07) is 23.3. The molecule has 3 N–H and O–H groups in total. The number of amides is 3. The van der Waals surface area contributed by atoms with Crippen molar-refractivity contribution in [2.75, 3.05) is 54.7 Å². The molecular formula is C45H57N5O8Si. The van der Waals surface area contributed by atoms with E-state index in [4.69, 9.17) is 9.47 Å². The smallest absolute Gasteiger partial charge is 0.305 e. The predicted octanol–water partition coefficient (Wildman–Crippen LogP) is 4.44. The van der Waals surface area contributed by atoms with E-state index < -0.39 is 43.1 Å². The number of aliphatic hydroxyl groups excluding tert-OH is 1. The van der Waals surface area contributed by atoms with Gasteiger partial charge in [0.2, 0.25) is 5.91 Å². The molecule has 0 aromatic heterocycles. The molecule has 3 aromatic carbocycles. The predicted molar refractivity (Wildman–Crippen MR) is 226 cm³/mol. The van der Waals surface area contributed by atoms with E-state index in [1.807, 2.05) is 97.7 Å². The second-order valence-corrected chi connectivity index (χ2v) is 21.5. The van der Waals surface area contributed by atoms with Crippen LogP contribution < -0.4 is 20.0 Å². The van der Waals surface area contributed by atoms with Crippen molar-refractivity contribution >= 4 is 49.1 Å². The van der Waals surface area contributed by atoms with Gasteiger partial charge in [0.15, 0.2) is 13.9 Å². The highest BCUT2D eigenvalue weighted by Crippen LogP contribution is 2.60. The molecule has 2 spiro atoms. The number of nitrogens with zero attached hydrogens (tertiary/aromatic N) is 4. The van der Waals surface area contributed by atoms with Gasteiger partial charge < -0.3 is 39.4 Å². The summed E-state index contributed by atoms with van der Waals surface area (Å²) < 4.78 is 12.0. The Morgan fingerprint density at radius 2 is 1.66 bits per heavy atom. The van der Waals surface area contributed by atoms with Crippen molar-refractivity contribution in [2.24, 2.45) is 5.92 Å². The van der Waals surface area contributed by atoms with E-state index in [1.165, 1.54) is 7.11 Å². The van der Waals surface area contributed by atoms with Crippen molar-refractivity contribution in [3.05, 3.63) is 89.5 Å². The third-order valence-corrected chi connectivity index (χ3v) is 16.2. The number of carbonyl (C=O) groups is 4. The summed E-state index contributed by atoms with van der Waals surface area (Å²) in [5.41, 5.74) is 2.24. The van der Waals surface area contributed by atoms with Gasteiger partial charge in [0.05, 0.1) is 44.6 Å². The summed E-state index contributed by atoms with van der Waals surface area (Å²) in [6.07, 6.45) is 2.24. The number of fused-ring (bicyclic) bond motifs is 3. The van der Waals surface area contributed by atoms with Gasteiger partial charge in [-0.25, -0.2) is 0 Å². The lowest BCUT2D eigenvalue weighted by Gasteiger charge is -2.39. The average molecular weight is 824 g/mol. The van der Waals surface area contributed by atoms with Crippen molar-refractivity contribution in [2.45, 2.75) is 100 Å². The topological polar surface area (TPSA) is 152 Å². The monoisotopic (exact) mass is 823 g/mol. The molecule has 14 heteroatoms. The Kier molecular flexibility index (Phi) is 11.2. The highest BCUT2D eigenvalue weighted by Gasteiger charge is 2.67. The number of aliphatic hydroxyl groups is 1. The van der Waals surface area contributed by atoms with Gasteiger partial charge in [-0.1, -0.05) is 49.4 Å². The molecule has 314 valence electrons. The van der Waals surface area contributed by atoms with E-state index in [9.17, 15) is 24.3 Å². The van der Waals surface area contributed by atoms with Gasteiger partial charge in [0.1, 0.15) is 5.54 Å². The van der Waals surface area contributed by atoms with Crippen LogP contribution in [0.25, 0.3) is 0 Å². The minimum absolute atomic E-state index is 0.00743. The number of ether oxygens (including phenoxy) is 2. The van der Waals surface area contributed by atoms with E-state index in [2.05, 4.69) is 10.2 Å². The van der Waals surface area contributed by atoms with Crippen LogP contribution in [0.3, 0.4) is 0 Å². The Morgan fingerprint density at radius 1 is 0.949 bits per heavy atom. The standard InChI is InChI=1S/C45H57N5O8Si/c1-30-41(59(3,4)56)38(26-39(52)48-27-32-13-9-8-12-31(32)24-35(48)28-51)58-45(30)36-25-34(17-18-37(36)47(43(45)55)23-11-10-16-40(53)57-2)49-29-50(33-14-6-5-7-15-33)44(42(49)54)19-21-46-22-20-44/h5-9,12-15,17-18,25,30,35,38,41,46,51,56H,10-11,16,19-24,26-29H2,1-4H3/t30-,35+,38+,41-,45+/m1/s1. The van der Waals surface area contributed by atoms with E-state index in [0.717, 1.165) is 16.8 Å². The van der Waals surface area contributed by atoms with Crippen LogP contribution in [0.2, 0.25) is 18.6 Å². The third kappa shape index (κ3) is 7.06. The van der Waals surface area contributed by atoms with Crippen molar-refractivity contribution in [3.8, 4) is 0 Å². The molecule has 8 rings (SSSR count). The van der Waals surface area contributed by atoms with Gasteiger partial charge in [0.25, 0.3) is 11.8 Å². The normalized spacial score (nSPS) is 26.2. The number of carbonyl (C=O) groups excluding carboxylic acids is 4. The van der Waals surface area contributed by atoms with E-state index >= 15 is 4.79 Å². The molecule has 3 fully saturated rings. The Bertz CT molecular complexity index is 2090. The molecular weight excluding hydrogens is 767 g/mol. The zero-order chi connectivity index (χ0) is 41.7. The first-order valence-corrected chi connectivity index (χ1v) is 24.1. The molecule has 3 amide bonds. The van der Waals surface area contributed by atoms with Crippen molar-refractivity contribution in [1.82, 2.24) is 10.2 Å². The number of benzene rings is 3. The number of piperidine rings is 1. The number of hydrogen-bond donors (Lipinski definition) is 3. The zero-order valence-electron chi connectivity index (χ0n) is 34.6. The molecule has 3 aromatic rings. The minimum atomic E-state index is -3.13. The van der Waals surface area contributed by atoms with Gasteiger partial charge in [-0.2, -0.15) is 0 Å². The number of nitrogens with one attached hydrogen (secondary N) is 1. The summed E-state index contributed by atoms with van der Waals surface area (Å²) in [6.45, 7) is 7.86. The molecule has 5 aliphatic heterocycles. The Morgan fingerprint density at radius 3 is 2.36 bits per heavy atom. The fourth-order valence-electron chi connectivity index (χ4n) is 10.8. The van der Waals surface area contributed by atoms with Crippen molar-refractivity contribution < 1.29 is 38.6 Å². The Hall–Kier alpha value is -4.60. The van der Waals surface area contributed by atoms with E-state index in [0.29, 0.717) is 81.9 Å². The summed E-state index contributed by atoms with van der Waals surface area (Å²) in [4.78, 5) is 75.9. The Labute approximate surface area is 347 Å². The number of rotatable bonds is 11. The second kappa shape index (κ2) is 16.1. The van der Waals surface area contributed by atoms with Crippen molar-refractivity contribution in [1.29, 1.82) is 0 Å². The number of hydrogen-bond acceptors (Lipinski definition) is 10. The first kappa shape index (κ1) is 41.1. The van der Waals surface area contributed by atoms with E-state index in [-0.39, 0.29) is 43.1 Å². The molecule has 0 saturated carbocycles. The Balaban J connectivity index is 1.17. The van der Waals surface area contributed by atoms with Gasteiger partial charge >= 0.3 is 5.97 Å². The van der Waals surface area contributed by atoms with Crippen LogP contribution >= 0.6 is 0 Å². The number of methoxy groups -OCH3 is 1. The molecule has 0 unspecified atom stereocenters. The number of para-hydroxylation sites is 1. The molecule has 13 nitrogen and oxygen atoms in total. The largest absolute Gasteiger partial charge is 0.469 e. The van der Waals surface area contributed by atoms with Crippen LogP contribution in [0.1, 0.15) is 62.1 Å². The van der Waals surface area contributed by atoms with Gasteiger partial charge in [-0.05, 0) is 99.7 Å². The molecule has 5 aliphatic rings. The maximum Gasteiger partial charge on any atom is 0.305 e. The maximum atomic E-state index is 15.2. The van der Waals surface area contributed by atoms with Gasteiger partial charge in [0, 0.05) is 47.9 Å². The fraction of sp³-hybridized carbons (Fsp3) is 0.511. The molecule has 59 heavy (non-hydrogen) atoms. The lowest BCUT2D eigenvalue weighted by molar-refractivity contribution is -0.151. The van der Waals surface area contributed by atoms with Crippen LogP contribution in [0.4, 0.5) is 17.1 Å². The summed E-state index contributed by atoms with van der Waals surface area (Å²) >= 11 is 0. The molecule has 5 atom stereocenters. The minimum Gasteiger partial charge on any atom is -0.469 e. The molecule has 0 bridgehead atoms. The second-order valence-electron chi connectivity index (χ2n) is 17.5. The highest BCUT2D eigenvalue weighted by atomic mass is 28.4. The third-order valence-electron chi connectivity index (χ3n) is 13.7. The van der Waals surface area contributed by atoms with Gasteiger partial charge in [-0.3, -0.25) is 24.1 Å². The molecule has 5 heterocycles. The summed E-state index contributed by atoms with van der Waals surface area (Å²) in [7, 11) is -1.77. The first-order valence-electron chi connectivity index (χ1n) is 21.1. The lowest BCUT2D eigenvalue weighted by Crippen LogP contribution is -2.55.